The molecule has 29 heavy (non-hydrogen) atoms. The normalized spacial score (nSPS) is 14.9. The summed E-state index contributed by atoms with van der Waals surface area (Å²) in [6.45, 7) is 6.97. The number of piperazine rings is 1. The quantitative estimate of drug-likeness (QED) is 0.625. The van der Waals surface area contributed by atoms with Crippen molar-refractivity contribution in [2.45, 2.75) is 13.8 Å². The summed E-state index contributed by atoms with van der Waals surface area (Å²) in [5.41, 5.74) is 0.608. The number of nitrogens with one attached hydrogen (secondary N) is 2. The van der Waals surface area contributed by atoms with Crippen LogP contribution in [0.3, 0.4) is 0 Å². The van der Waals surface area contributed by atoms with E-state index in [0.29, 0.717) is 50.8 Å². The maximum Gasteiger partial charge on any atom is 0.409 e. The highest BCUT2D eigenvalue weighted by molar-refractivity contribution is 5.93. The van der Waals surface area contributed by atoms with Crippen LogP contribution < -0.4 is 15.0 Å². The lowest BCUT2D eigenvalue weighted by Gasteiger charge is -2.34. The molecule has 3 amide bonds. The van der Waals surface area contributed by atoms with E-state index < -0.39 is 0 Å². The zero-order valence-electron chi connectivity index (χ0n) is 17.4. The molecule has 9 heteroatoms. The number of likely N-dealkylation sites (N-methyl/N-ethyl adjacent to an activating group) is 1. The van der Waals surface area contributed by atoms with Gasteiger partial charge in [-0.3, -0.25) is 9.59 Å². The summed E-state index contributed by atoms with van der Waals surface area (Å²) in [6, 6.07) is 7.20. The van der Waals surface area contributed by atoms with Crippen LogP contribution in [0.15, 0.2) is 24.3 Å². The van der Waals surface area contributed by atoms with Crippen LogP contribution in [0.25, 0.3) is 0 Å². The Hall–Kier alpha value is -2.81. The van der Waals surface area contributed by atoms with Crippen molar-refractivity contribution < 1.29 is 28.8 Å². The number of rotatable bonds is 8. The minimum atomic E-state index is -0.339. The van der Waals surface area contributed by atoms with E-state index in [4.69, 9.17) is 9.47 Å². The summed E-state index contributed by atoms with van der Waals surface area (Å²) in [6.07, 6.45) is -0.339. The molecule has 0 aromatic heterocycles. The highest BCUT2D eigenvalue weighted by atomic mass is 16.6. The van der Waals surface area contributed by atoms with Crippen molar-refractivity contribution in [2.24, 2.45) is 0 Å². The van der Waals surface area contributed by atoms with Gasteiger partial charge in [0.2, 0.25) is 0 Å². The van der Waals surface area contributed by atoms with E-state index in [-0.39, 0.29) is 31.0 Å². The monoisotopic (exact) mass is 407 g/mol. The van der Waals surface area contributed by atoms with Crippen LogP contribution in [0.1, 0.15) is 13.8 Å². The van der Waals surface area contributed by atoms with E-state index in [1.165, 1.54) is 0 Å². The maximum atomic E-state index is 12.6. The van der Waals surface area contributed by atoms with Gasteiger partial charge < -0.3 is 29.5 Å². The van der Waals surface area contributed by atoms with Gasteiger partial charge in [0.05, 0.1) is 25.9 Å². The molecule has 1 aliphatic rings. The second-order valence-corrected chi connectivity index (χ2v) is 6.77. The summed E-state index contributed by atoms with van der Waals surface area (Å²) in [5, 5.41) is 2.84. The molecular weight excluding hydrogens is 376 g/mol. The third kappa shape index (κ3) is 6.63. The Balaban J connectivity index is 1.82. The first-order chi connectivity index (χ1) is 14.0. The summed E-state index contributed by atoms with van der Waals surface area (Å²) < 4.78 is 10.2. The van der Waals surface area contributed by atoms with E-state index in [9.17, 15) is 14.4 Å². The zero-order valence-corrected chi connectivity index (χ0v) is 17.4. The number of hydrogen-bond acceptors (Lipinski definition) is 5. The second-order valence-electron chi connectivity index (χ2n) is 6.77. The standard InChI is InChI=1S/C20H30N4O5/c1-4-22(14-18(25)21-16-8-6-7-9-17(16)28-3)15-19(26)23-10-12-24(13-11-23)20(27)29-5-2/h6-9H,4-5,10-15H2,1-3H3,(H,21,25)/p+1. The van der Waals surface area contributed by atoms with E-state index in [0.717, 1.165) is 4.90 Å². The number of anilines is 1. The number of nitrogens with zero attached hydrogens (tertiary/aromatic N) is 2. The summed E-state index contributed by atoms with van der Waals surface area (Å²) in [4.78, 5) is 41.0. The predicted molar refractivity (Wildman–Crippen MR) is 108 cm³/mol. The third-order valence-corrected chi connectivity index (χ3v) is 4.85. The molecule has 1 aliphatic heterocycles. The van der Waals surface area contributed by atoms with Gasteiger partial charge in [-0.25, -0.2) is 4.79 Å². The largest absolute Gasteiger partial charge is 0.495 e. The predicted octanol–water partition coefficient (Wildman–Crippen LogP) is -0.161. The van der Waals surface area contributed by atoms with Crippen molar-refractivity contribution >= 4 is 23.6 Å². The molecule has 0 bridgehead atoms. The SMILES string of the molecule is CCOC(=O)N1CCN(C(=O)C[NH+](CC)CC(=O)Nc2ccccc2OC)CC1. The number of carbonyl (C=O) groups is 3. The molecule has 0 spiro atoms. The zero-order chi connectivity index (χ0) is 21.2. The Labute approximate surface area is 171 Å². The Morgan fingerprint density at radius 2 is 1.69 bits per heavy atom. The van der Waals surface area contributed by atoms with Gasteiger partial charge in [0.15, 0.2) is 13.1 Å². The van der Waals surface area contributed by atoms with E-state index in [2.05, 4.69) is 5.32 Å². The highest BCUT2D eigenvalue weighted by Crippen LogP contribution is 2.22. The number of ether oxygens (including phenoxy) is 2. The van der Waals surface area contributed by atoms with E-state index in [1.54, 1.807) is 36.0 Å². The smallest absolute Gasteiger partial charge is 0.409 e. The number of hydrogen-bond donors (Lipinski definition) is 2. The molecule has 0 saturated carbocycles. The number of benzene rings is 1. The van der Waals surface area contributed by atoms with E-state index in [1.807, 2.05) is 19.1 Å². The lowest BCUT2D eigenvalue weighted by Crippen LogP contribution is -3.14. The molecule has 9 nitrogen and oxygen atoms in total. The molecule has 1 aromatic carbocycles. The lowest BCUT2D eigenvalue weighted by molar-refractivity contribution is -0.882. The van der Waals surface area contributed by atoms with Crippen LogP contribution in [0.2, 0.25) is 0 Å². The van der Waals surface area contributed by atoms with Gasteiger partial charge in [-0.1, -0.05) is 12.1 Å². The van der Waals surface area contributed by atoms with Crippen LogP contribution >= 0.6 is 0 Å². The Morgan fingerprint density at radius 1 is 1.03 bits per heavy atom. The first kappa shape index (κ1) is 22.5. The van der Waals surface area contributed by atoms with Crippen molar-refractivity contribution in [3.05, 3.63) is 24.3 Å². The average molecular weight is 407 g/mol. The Bertz CT molecular complexity index is 704. The molecule has 1 atom stereocenters. The first-order valence-electron chi connectivity index (χ1n) is 9.94. The molecule has 160 valence electrons. The third-order valence-electron chi connectivity index (χ3n) is 4.85. The van der Waals surface area contributed by atoms with Crippen LogP contribution in [-0.2, 0) is 14.3 Å². The number of carbonyl (C=O) groups excluding carboxylic acids is 3. The van der Waals surface area contributed by atoms with Crippen LogP contribution in [0.4, 0.5) is 10.5 Å². The first-order valence-corrected chi connectivity index (χ1v) is 9.94. The van der Waals surface area contributed by atoms with Gasteiger partial charge in [0.25, 0.3) is 11.8 Å². The second kappa shape index (κ2) is 11.3. The van der Waals surface area contributed by atoms with Crippen LogP contribution in [0, 0.1) is 0 Å². The molecule has 2 rings (SSSR count). The fourth-order valence-electron chi connectivity index (χ4n) is 3.16. The summed E-state index contributed by atoms with van der Waals surface area (Å²) in [5.74, 6) is 0.399. The number of methoxy groups -OCH3 is 1. The number of amides is 3. The van der Waals surface area contributed by atoms with Gasteiger partial charge >= 0.3 is 6.09 Å². The van der Waals surface area contributed by atoms with Crippen molar-refractivity contribution in [2.75, 3.05) is 64.8 Å². The number of para-hydroxylation sites is 2. The molecule has 0 aliphatic carbocycles. The summed E-state index contributed by atoms with van der Waals surface area (Å²) in [7, 11) is 1.55. The molecule has 0 radical (unpaired) electrons. The molecule has 2 N–H and O–H groups in total. The molecule has 1 saturated heterocycles. The van der Waals surface area contributed by atoms with Crippen molar-refractivity contribution in [1.29, 1.82) is 0 Å². The van der Waals surface area contributed by atoms with Gasteiger partial charge in [-0.2, -0.15) is 0 Å². The van der Waals surface area contributed by atoms with E-state index >= 15 is 0 Å². The molecule has 1 fully saturated rings. The number of quaternary nitrogens is 1. The Kier molecular flexibility index (Phi) is 8.72. The van der Waals surface area contributed by atoms with Crippen LogP contribution in [0.5, 0.6) is 5.75 Å². The minimum absolute atomic E-state index is 0.0181. The fraction of sp³-hybridized carbons (Fsp3) is 0.550. The highest BCUT2D eigenvalue weighted by Gasteiger charge is 2.27. The van der Waals surface area contributed by atoms with Crippen molar-refractivity contribution in [1.82, 2.24) is 9.80 Å². The molecule has 1 aromatic rings. The van der Waals surface area contributed by atoms with Crippen molar-refractivity contribution in [3.63, 3.8) is 0 Å². The van der Waals surface area contributed by atoms with Crippen LogP contribution in [-0.4, -0.2) is 87.2 Å². The van der Waals surface area contributed by atoms with Gasteiger partial charge in [0, 0.05) is 26.2 Å². The average Bonchev–Trinajstić information content (AvgIpc) is 2.73. The molecular formula is C20H31N4O5+. The van der Waals surface area contributed by atoms with Gasteiger partial charge in [-0.15, -0.1) is 0 Å². The maximum absolute atomic E-state index is 12.6. The lowest BCUT2D eigenvalue weighted by atomic mass is 10.3. The van der Waals surface area contributed by atoms with Gasteiger partial charge in [-0.05, 0) is 26.0 Å². The summed E-state index contributed by atoms with van der Waals surface area (Å²) >= 11 is 0. The fourth-order valence-corrected chi connectivity index (χ4v) is 3.16. The van der Waals surface area contributed by atoms with Gasteiger partial charge in [0.1, 0.15) is 5.75 Å². The Morgan fingerprint density at radius 3 is 2.31 bits per heavy atom. The van der Waals surface area contributed by atoms with Crippen molar-refractivity contribution in [3.8, 4) is 5.75 Å². The minimum Gasteiger partial charge on any atom is -0.495 e. The topological polar surface area (TPSA) is 92.6 Å². The molecule has 1 heterocycles. The molecule has 1 unspecified atom stereocenters.